The molecule has 30 heavy (non-hydrogen) atoms. The van der Waals surface area contributed by atoms with Gasteiger partial charge in [0.25, 0.3) is 0 Å². The second-order valence-corrected chi connectivity index (χ2v) is 7.85. The molecule has 156 valence electrons. The molecule has 2 aromatic rings. The minimum Gasteiger partial charge on any atom is -0.454 e. The number of hydrogen-bond donors (Lipinski definition) is 1. The van der Waals surface area contributed by atoms with E-state index in [4.69, 9.17) is 9.47 Å². The molecule has 3 aliphatic rings. The molecule has 4 heterocycles. The number of amides is 2. The first-order valence-corrected chi connectivity index (χ1v) is 10.4. The Kier molecular flexibility index (Phi) is 4.90. The van der Waals surface area contributed by atoms with Gasteiger partial charge in [0.2, 0.25) is 18.6 Å². The van der Waals surface area contributed by atoms with E-state index in [9.17, 15) is 9.59 Å². The Morgan fingerprint density at radius 2 is 1.93 bits per heavy atom. The van der Waals surface area contributed by atoms with E-state index in [2.05, 4.69) is 15.2 Å². The molecule has 8 heteroatoms. The maximum atomic E-state index is 13.0. The molecule has 2 saturated heterocycles. The van der Waals surface area contributed by atoms with E-state index in [0.717, 1.165) is 37.4 Å². The van der Waals surface area contributed by atoms with Crippen LogP contribution in [0.4, 0.5) is 17.2 Å². The minimum atomic E-state index is -0.419. The van der Waals surface area contributed by atoms with Crippen molar-refractivity contribution in [3.63, 3.8) is 0 Å². The van der Waals surface area contributed by atoms with Crippen molar-refractivity contribution in [2.45, 2.75) is 25.7 Å². The summed E-state index contributed by atoms with van der Waals surface area (Å²) in [5.74, 6) is 1.45. The van der Waals surface area contributed by atoms with Crippen LogP contribution >= 0.6 is 0 Å². The first-order valence-electron chi connectivity index (χ1n) is 10.4. The largest absolute Gasteiger partial charge is 0.454 e. The number of pyridine rings is 1. The van der Waals surface area contributed by atoms with Crippen molar-refractivity contribution in [2.75, 3.05) is 41.5 Å². The number of ether oxygens (including phenoxy) is 2. The van der Waals surface area contributed by atoms with Gasteiger partial charge in [-0.25, -0.2) is 4.98 Å². The Morgan fingerprint density at radius 1 is 1.10 bits per heavy atom. The number of hydrogen-bond acceptors (Lipinski definition) is 6. The number of fused-ring (bicyclic) bond motifs is 1. The number of rotatable bonds is 4. The van der Waals surface area contributed by atoms with E-state index in [-0.39, 0.29) is 25.0 Å². The van der Waals surface area contributed by atoms with Gasteiger partial charge in [-0.1, -0.05) is 0 Å². The number of nitrogens with zero attached hydrogens (tertiary/aromatic N) is 3. The van der Waals surface area contributed by atoms with Gasteiger partial charge in [0, 0.05) is 44.0 Å². The smallest absolute Gasteiger partial charge is 0.231 e. The van der Waals surface area contributed by atoms with Gasteiger partial charge in [-0.05, 0) is 43.5 Å². The molecule has 5 rings (SSSR count). The van der Waals surface area contributed by atoms with E-state index in [1.54, 1.807) is 23.2 Å². The molecule has 3 aliphatic heterocycles. The SMILES string of the molecule is O=C(Nc1cccnc1N1CCCCC1)[C@@H]1CC(=O)N(c2ccc3c(c2)OCO3)C1. The van der Waals surface area contributed by atoms with E-state index >= 15 is 0 Å². The van der Waals surface area contributed by atoms with E-state index in [0.29, 0.717) is 23.7 Å². The van der Waals surface area contributed by atoms with Crippen LogP contribution in [-0.4, -0.2) is 43.2 Å². The molecule has 2 fully saturated rings. The van der Waals surface area contributed by atoms with Crippen LogP contribution in [0, 0.1) is 5.92 Å². The predicted molar refractivity (Wildman–Crippen MR) is 112 cm³/mol. The molecule has 0 unspecified atom stereocenters. The first kappa shape index (κ1) is 18.7. The lowest BCUT2D eigenvalue weighted by Crippen LogP contribution is -2.32. The molecule has 1 aromatic carbocycles. The van der Waals surface area contributed by atoms with Crippen molar-refractivity contribution in [3.8, 4) is 11.5 Å². The summed E-state index contributed by atoms with van der Waals surface area (Å²) in [6, 6.07) is 9.10. The first-order chi connectivity index (χ1) is 14.7. The van der Waals surface area contributed by atoms with Crippen molar-refractivity contribution >= 4 is 29.0 Å². The number of carbonyl (C=O) groups excluding carboxylic acids is 2. The van der Waals surface area contributed by atoms with E-state index < -0.39 is 5.92 Å². The van der Waals surface area contributed by atoms with Crippen molar-refractivity contribution in [3.05, 3.63) is 36.5 Å². The van der Waals surface area contributed by atoms with Gasteiger partial charge in [-0.3, -0.25) is 9.59 Å². The summed E-state index contributed by atoms with van der Waals surface area (Å²) in [5.41, 5.74) is 1.42. The fourth-order valence-electron chi connectivity index (χ4n) is 4.27. The summed E-state index contributed by atoms with van der Waals surface area (Å²) >= 11 is 0. The second kappa shape index (κ2) is 7.85. The Hall–Kier alpha value is -3.29. The molecule has 1 aromatic heterocycles. The summed E-state index contributed by atoms with van der Waals surface area (Å²) < 4.78 is 10.7. The average Bonchev–Trinajstić information content (AvgIpc) is 3.40. The zero-order chi connectivity index (χ0) is 20.5. The number of aromatic nitrogens is 1. The number of benzene rings is 1. The molecule has 0 spiro atoms. The number of piperidine rings is 1. The fraction of sp³-hybridized carbons (Fsp3) is 0.409. The van der Waals surface area contributed by atoms with E-state index in [1.165, 1.54) is 6.42 Å². The van der Waals surface area contributed by atoms with Gasteiger partial charge >= 0.3 is 0 Å². The van der Waals surface area contributed by atoms with E-state index in [1.807, 2.05) is 18.2 Å². The highest BCUT2D eigenvalue weighted by molar-refractivity contribution is 6.04. The molecule has 2 amide bonds. The fourth-order valence-corrected chi connectivity index (χ4v) is 4.27. The van der Waals surface area contributed by atoms with Gasteiger partial charge in [0.05, 0.1) is 11.6 Å². The molecule has 1 atom stereocenters. The highest BCUT2D eigenvalue weighted by atomic mass is 16.7. The lowest BCUT2D eigenvalue weighted by molar-refractivity contribution is -0.122. The van der Waals surface area contributed by atoms with Crippen LogP contribution in [0.25, 0.3) is 0 Å². The standard InChI is InChI=1S/C22H24N4O4/c27-20-11-15(13-26(20)16-6-7-18-19(12-16)30-14-29-18)22(28)24-17-5-4-8-23-21(17)25-9-2-1-3-10-25/h4-8,12,15H,1-3,9-11,13-14H2,(H,24,28)/t15-/m1/s1. The molecule has 0 radical (unpaired) electrons. The lowest BCUT2D eigenvalue weighted by Gasteiger charge is -2.29. The third kappa shape index (κ3) is 3.53. The summed E-state index contributed by atoms with van der Waals surface area (Å²) in [6.45, 7) is 2.41. The Balaban J connectivity index is 1.29. The van der Waals surface area contributed by atoms with Gasteiger partial charge in [0.1, 0.15) is 0 Å². The summed E-state index contributed by atoms with van der Waals surface area (Å²) in [6.07, 6.45) is 5.42. The summed E-state index contributed by atoms with van der Waals surface area (Å²) in [4.78, 5) is 33.9. The van der Waals surface area contributed by atoms with Crippen LogP contribution < -0.4 is 24.6 Å². The monoisotopic (exact) mass is 408 g/mol. The normalized spacial score (nSPS) is 20.5. The molecule has 0 aliphatic carbocycles. The topological polar surface area (TPSA) is 84.0 Å². The predicted octanol–water partition coefficient (Wildman–Crippen LogP) is 2.79. The van der Waals surface area contributed by atoms with Crippen LogP contribution in [0.1, 0.15) is 25.7 Å². The Bertz CT molecular complexity index is 973. The number of nitrogens with one attached hydrogen (secondary N) is 1. The highest BCUT2D eigenvalue weighted by Crippen LogP contribution is 2.37. The minimum absolute atomic E-state index is 0.0727. The van der Waals surface area contributed by atoms with Gasteiger partial charge in [0.15, 0.2) is 17.3 Å². The van der Waals surface area contributed by atoms with Crippen LogP contribution in [-0.2, 0) is 9.59 Å². The zero-order valence-corrected chi connectivity index (χ0v) is 16.7. The molecule has 0 bridgehead atoms. The molecule has 0 saturated carbocycles. The van der Waals surface area contributed by atoms with Crippen LogP contribution in [0.15, 0.2) is 36.5 Å². The zero-order valence-electron chi connectivity index (χ0n) is 16.7. The highest BCUT2D eigenvalue weighted by Gasteiger charge is 2.36. The molecule has 8 nitrogen and oxygen atoms in total. The van der Waals surface area contributed by atoms with Gasteiger partial charge < -0.3 is 24.6 Å². The van der Waals surface area contributed by atoms with Crippen molar-refractivity contribution in [1.82, 2.24) is 4.98 Å². The average molecular weight is 408 g/mol. The van der Waals surface area contributed by atoms with Crippen molar-refractivity contribution < 1.29 is 19.1 Å². The summed E-state index contributed by atoms with van der Waals surface area (Å²) in [7, 11) is 0. The van der Waals surface area contributed by atoms with Crippen molar-refractivity contribution in [2.24, 2.45) is 5.92 Å². The Morgan fingerprint density at radius 3 is 2.80 bits per heavy atom. The number of anilines is 3. The molecular formula is C22H24N4O4. The maximum absolute atomic E-state index is 13.0. The molecular weight excluding hydrogens is 384 g/mol. The quantitative estimate of drug-likeness (QED) is 0.838. The number of carbonyl (C=O) groups is 2. The van der Waals surface area contributed by atoms with Crippen LogP contribution in [0.2, 0.25) is 0 Å². The van der Waals surface area contributed by atoms with Crippen molar-refractivity contribution in [1.29, 1.82) is 0 Å². The molecule has 1 N–H and O–H groups in total. The van der Waals surface area contributed by atoms with Crippen LogP contribution in [0.5, 0.6) is 11.5 Å². The second-order valence-electron chi connectivity index (χ2n) is 7.85. The van der Waals surface area contributed by atoms with Crippen LogP contribution in [0.3, 0.4) is 0 Å². The third-order valence-corrected chi connectivity index (χ3v) is 5.86. The Labute approximate surface area is 174 Å². The van der Waals surface area contributed by atoms with Gasteiger partial charge in [-0.15, -0.1) is 0 Å². The maximum Gasteiger partial charge on any atom is 0.231 e. The summed E-state index contributed by atoms with van der Waals surface area (Å²) in [5, 5.41) is 3.02. The van der Waals surface area contributed by atoms with Gasteiger partial charge in [-0.2, -0.15) is 0 Å². The lowest BCUT2D eigenvalue weighted by atomic mass is 10.1. The third-order valence-electron chi connectivity index (χ3n) is 5.86.